The molecule has 1 aliphatic carbocycles. The minimum absolute atomic E-state index is 0.113. The number of nitrogens with zero attached hydrogens (tertiary/aromatic N) is 2. The number of carbonyl (C=O) groups is 1. The van der Waals surface area contributed by atoms with Gasteiger partial charge in [0.05, 0.1) is 5.60 Å². The molecule has 0 aromatic heterocycles. The van der Waals surface area contributed by atoms with Crippen LogP contribution in [0.2, 0.25) is 0 Å². The molecule has 0 unspecified atom stereocenters. The summed E-state index contributed by atoms with van der Waals surface area (Å²) in [5, 5.41) is 10.2. The van der Waals surface area contributed by atoms with Crippen LogP contribution in [0.1, 0.15) is 40.7 Å². The molecule has 20 heavy (non-hydrogen) atoms. The Labute approximate surface area is 120 Å². The number of hydrogen-bond donors (Lipinski definition) is 1. The third-order valence-electron chi connectivity index (χ3n) is 4.46. The summed E-state index contributed by atoms with van der Waals surface area (Å²) in [6.45, 7) is 2.19. The average molecular weight is 274 g/mol. The molecule has 0 atom stereocenters. The molecule has 1 amide bonds. The quantitative estimate of drug-likeness (QED) is 0.907. The van der Waals surface area contributed by atoms with Crippen molar-refractivity contribution in [2.24, 2.45) is 0 Å². The Hall–Kier alpha value is -1.39. The topological polar surface area (TPSA) is 43.8 Å². The van der Waals surface area contributed by atoms with E-state index in [2.05, 4.69) is 17.0 Å². The molecular formula is C16H22N2O2. The average Bonchev–Trinajstić information content (AvgIpc) is 2.64. The molecule has 0 saturated heterocycles. The number of amides is 1. The number of rotatable bonds is 4. The molecule has 108 valence electrons. The fourth-order valence-electron chi connectivity index (χ4n) is 3.20. The molecule has 2 aliphatic rings. The van der Waals surface area contributed by atoms with E-state index in [-0.39, 0.29) is 5.91 Å². The van der Waals surface area contributed by atoms with Crippen LogP contribution in [0, 0.1) is 0 Å². The molecule has 1 aromatic carbocycles. The summed E-state index contributed by atoms with van der Waals surface area (Å²) in [6.07, 6.45) is 2.94. The predicted molar refractivity (Wildman–Crippen MR) is 77.4 cm³/mol. The fraction of sp³-hybridized carbons (Fsp3) is 0.562. The highest BCUT2D eigenvalue weighted by molar-refractivity contribution is 5.98. The van der Waals surface area contributed by atoms with Gasteiger partial charge in [-0.1, -0.05) is 12.1 Å². The number of benzene rings is 1. The highest BCUT2D eigenvalue weighted by Crippen LogP contribution is 2.32. The lowest BCUT2D eigenvalue weighted by Crippen LogP contribution is -2.46. The van der Waals surface area contributed by atoms with Gasteiger partial charge in [0.1, 0.15) is 0 Å². The molecule has 1 aliphatic heterocycles. The number of likely N-dealkylation sites (N-methyl/N-ethyl adjacent to an activating group) is 1. The van der Waals surface area contributed by atoms with Gasteiger partial charge >= 0.3 is 0 Å². The minimum atomic E-state index is -0.485. The number of aliphatic hydroxyl groups is 1. The van der Waals surface area contributed by atoms with Crippen LogP contribution in [0.15, 0.2) is 18.2 Å². The third-order valence-corrected chi connectivity index (χ3v) is 4.46. The zero-order valence-electron chi connectivity index (χ0n) is 12.2. The molecule has 1 N–H and O–H groups in total. The van der Waals surface area contributed by atoms with Crippen LogP contribution in [-0.2, 0) is 13.1 Å². The van der Waals surface area contributed by atoms with Crippen molar-refractivity contribution in [2.75, 3.05) is 20.6 Å². The van der Waals surface area contributed by atoms with Crippen LogP contribution >= 0.6 is 0 Å². The smallest absolute Gasteiger partial charge is 0.254 e. The highest BCUT2D eigenvalue weighted by atomic mass is 16.3. The summed E-state index contributed by atoms with van der Waals surface area (Å²) in [5.41, 5.74) is 2.60. The summed E-state index contributed by atoms with van der Waals surface area (Å²) in [4.78, 5) is 15.9. The van der Waals surface area contributed by atoms with Gasteiger partial charge in [-0.15, -0.1) is 0 Å². The highest BCUT2D eigenvalue weighted by Gasteiger charge is 2.35. The van der Waals surface area contributed by atoms with Crippen molar-refractivity contribution in [1.29, 1.82) is 0 Å². The fourth-order valence-corrected chi connectivity index (χ4v) is 3.20. The molecule has 4 nitrogen and oxygen atoms in total. The largest absolute Gasteiger partial charge is 0.389 e. The molecule has 0 spiro atoms. The van der Waals surface area contributed by atoms with Crippen LogP contribution in [0.3, 0.4) is 0 Å². The maximum atomic E-state index is 12.0. The first-order valence-corrected chi connectivity index (χ1v) is 7.25. The summed E-state index contributed by atoms with van der Waals surface area (Å²) >= 11 is 0. The molecule has 0 bridgehead atoms. The third kappa shape index (κ3) is 2.45. The van der Waals surface area contributed by atoms with Crippen molar-refractivity contribution < 1.29 is 9.90 Å². The van der Waals surface area contributed by atoms with Gasteiger partial charge in [-0.3, -0.25) is 9.69 Å². The van der Waals surface area contributed by atoms with Crippen LogP contribution in [0.25, 0.3) is 0 Å². The van der Waals surface area contributed by atoms with Gasteiger partial charge in [0.15, 0.2) is 0 Å². The van der Waals surface area contributed by atoms with E-state index in [1.165, 1.54) is 0 Å². The van der Waals surface area contributed by atoms with Crippen molar-refractivity contribution >= 4 is 5.91 Å². The van der Waals surface area contributed by atoms with Gasteiger partial charge in [0.25, 0.3) is 5.91 Å². The van der Waals surface area contributed by atoms with Gasteiger partial charge in [0, 0.05) is 32.2 Å². The van der Waals surface area contributed by atoms with E-state index in [1.807, 2.05) is 20.2 Å². The molecule has 4 heteroatoms. The Morgan fingerprint density at radius 3 is 2.80 bits per heavy atom. The second-order valence-electron chi connectivity index (χ2n) is 6.40. The molecule has 3 rings (SSSR count). The van der Waals surface area contributed by atoms with Crippen LogP contribution < -0.4 is 0 Å². The summed E-state index contributed by atoms with van der Waals surface area (Å²) in [7, 11) is 3.86. The Balaban J connectivity index is 1.68. The first-order valence-electron chi connectivity index (χ1n) is 7.25. The Morgan fingerprint density at radius 2 is 2.15 bits per heavy atom. The lowest BCUT2D eigenvalue weighted by molar-refractivity contribution is -0.0555. The Morgan fingerprint density at radius 1 is 1.40 bits per heavy atom. The van der Waals surface area contributed by atoms with Crippen molar-refractivity contribution in [2.45, 2.75) is 38.0 Å². The van der Waals surface area contributed by atoms with Crippen molar-refractivity contribution in [3.8, 4) is 0 Å². The Kier molecular flexibility index (Phi) is 3.30. The van der Waals surface area contributed by atoms with Crippen molar-refractivity contribution in [3.63, 3.8) is 0 Å². The van der Waals surface area contributed by atoms with Gasteiger partial charge in [-0.2, -0.15) is 0 Å². The van der Waals surface area contributed by atoms with E-state index in [1.54, 1.807) is 4.90 Å². The first kappa shape index (κ1) is 13.6. The van der Waals surface area contributed by atoms with Crippen LogP contribution in [0.5, 0.6) is 0 Å². The zero-order chi connectivity index (χ0) is 14.3. The van der Waals surface area contributed by atoms with E-state index in [9.17, 15) is 9.90 Å². The summed E-state index contributed by atoms with van der Waals surface area (Å²) in [6, 6.07) is 6.15. The maximum absolute atomic E-state index is 12.0. The van der Waals surface area contributed by atoms with Gasteiger partial charge in [-0.25, -0.2) is 0 Å². The second-order valence-corrected chi connectivity index (χ2v) is 6.40. The summed E-state index contributed by atoms with van der Waals surface area (Å²) in [5.74, 6) is 0.113. The lowest BCUT2D eigenvalue weighted by atomic mass is 9.80. The van der Waals surface area contributed by atoms with Crippen molar-refractivity contribution in [3.05, 3.63) is 34.9 Å². The monoisotopic (exact) mass is 274 g/mol. The number of hydrogen-bond acceptors (Lipinski definition) is 3. The molecular weight excluding hydrogens is 252 g/mol. The van der Waals surface area contributed by atoms with E-state index < -0.39 is 5.60 Å². The second kappa shape index (κ2) is 4.86. The zero-order valence-corrected chi connectivity index (χ0v) is 12.2. The first-order chi connectivity index (χ1) is 9.47. The predicted octanol–water partition coefficient (Wildman–Crippen LogP) is 1.62. The number of carbonyl (C=O) groups excluding carboxylic acids is 1. The molecule has 1 aromatic rings. The van der Waals surface area contributed by atoms with E-state index in [4.69, 9.17) is 0 Å². The van der Waals surface area contributed by atoms with Crippen LogP contribution in [-0.4, -0.2) is 47.1 Å². The summed E-state index contributed by atoms with van der Waals surface area (Å²) < 4.78 is 0. The standard InChI is InChI=1S/C16H22N2O2/c1-17(11-16(20)6-3-7-16)9-12-4-5-13-10-18(2)15(19)14(13)8-12/h4-5,8,20H,3,6-7,9-11H2,1-2H3. The SMILES string of the molecule is CN(Cc1ccc2c(c1)C(=O)N(C)C2)CC1(O)CCC1. The van der Waals surface area contributed by atoms with Crippen LogP contribution in [0.4, 0.5) is 0 Å². The van der Waals surface area contributed by atoms with Crippen molar-refractivity contribution in [1.82, 2.24) is 9.80 Å². The molecule has 1 fully saturated rings. The molecule has 1 saturated carbocycles. The van der Waals surface area contributed by atoms with Gasteiger partial charge < -0.3 is 10.0 Å². The lowest BCUT2D eigenvalue weighted by Gasteiger charge is -2.39. The number of fused-ring (bicyclic) bond motifs is 1. The van der Waals surface area contributed by atoms with E-state index in [0.717, 1.165) is 42.5 Å². The Bertz CT molecular complexity index is 537. The maximum Gasteiger partial charge on any atom is 0.254 e. The molecule has 0 radical (unpaired) electrons. The molecule has 1 heterocycles. The van der Waals surface area contributed by atoms with E-state index in [0.29, 0.717) is 13.1 Å². The van der Waals surface area contributed by atoms with Gasteiger partial charge in [0.2, 0.25) is 0 Å². The normalized spacial score (nSPS) is 20.2. The van der Waals surface area contributed by atoms with E-state index >= 15 is 0 Å². The minimum Gasteiger partial charge on any atom is -0.389 e. The van der Waals surface area contributed by atoms with Gasteiger partial charge in [-0.05, 0) is 43.5 Å².